The first-order chi connectivity index (χ1) is 14.7. The van der Waals surface area contributed by atoms with Gasteiger partial charge in [0.05, 0.1) is 18.9 Å². The van der Waals surface area contributed by atoms with Crippen LogP contribution in [0.1, 0.15) is 37.7 Å². The number of guanidine groups is 1. The highest BCUT2D eigenvalue weighted by Gasteiger charge is 2.28. The maximum atomic E-state index is 4.91. The largest absolute Gasteiger partial charge is 0.357 e. The van der Waals surface area contributed by atoms with Crippen molar-refractivity contribution in [2.75, 3.05) is 19.6 Å². The van der Waals surface area contributed by atoms with E-state index in [2.05, 4.69) is 55.8 Å². The molecule has 4 heterocycles. The second kappa shape index (κ2) is 10.7. The standard InChI is InChI=1S/C22H30N8.HI/c1-4-24-22(28-10-7-17(2)20(15-28)29-11-8-23-16-29)27-14-19-5-6-21(26-13-19)30-12-9-25-18(30)3;/h5-6,8-9,11-13,16-17,20H,4,7,10,14-15H2,1-3H3,(H,24,27);1H. The van der Waals surface area contributed by atoms with Crippen LogP contribution in [0, 0.1) is 12.8 Å². The zero-order valence-electron chi connectivity index (χ0n) is 18.3. The minimum absolute atomic E-state index is 0. The zero-order valence-corrected chi connectivity index (χ0v) is 20.7. The second-order valence-corrected chi connectivity index (χ2v) is 7.83. The fraction of sp³-hybridized carbons (Fsp3) is 0.455. The first-order valence-corrected chi connectivity index (χ1v) is 10.6. The molecule has 0 radical (unpaired) electrons. The normalized spacial score (nSPS) is 19.2. The molecule has 2 unspecified atom stereocenters. The van der Waals surface area contributed by atoms with Crippen molar-refractivity contribution in [1.82, 2.24) is 34.3 Å². The van der Waals surface area contributed by atoms with E-state index in [1.165, 1.54) is 0 Å². The SMILES string of the molecule is CCNC(=NCc1ccc(-n2ccnc2C)nc1)N1CCC(C)C(n2ccnc2)C1.I. The summed E-state index contributed by atoms with van der Waals surface area (Å²) in [5.74, 6) is 3.37. The molecule has 3 aromatic rings. The molecule has 166 valence electrons. The van der Waals surface area contributed by atoms with Crippen LogP contribution in [0.5, 0.6) is 0 Å². The van der Waals surface area contributed by atoms with Crippen LogP contribution < -0.4 is 5.32 Å². The molecular weight excluding hydrogens is 503 g/mol. The summed E-state index contributed by atoms with van der Waals surface area (Å²) < 4.78 is 4.20. The fourth-order valence-electron chi connectivity index (χ4n) is 3.96. The number of imidazole rings is 2. The van der Waals surface area contributed by atoms with Gasteiger partial charge in [-0.3, -0.25) is 4.57 Å². The van der Waals surface area contributed by atoms with Gasteiger partial charge in [0.1, 0.15) is 11.6 Å². The summed E-state index contributed by atoms with van der Waals surface area (Å²) in [6.45, 7) is 9.79. The average Bonchev–Trinajstić information content (AvgIpc) is 3.44. The smallest absolute Gasteiger partial charge is 0.194 e. The first kappa shape index (κ1) is 23.2. The molecule has 0 aliphatic carbocycles. The Bertz CT molecular complexity index is 964. The third-order valence-electron chi connectivity index (χ3n) is 5.75. The average molecular weight is 534 g/mol. The summed E-state index contributed by atoms with van der Waals surface area (Å²) in [6.07, 6.45) is 12.6. The monoisotopic (exact) mass is 534 g/mol. The number of halogens is 1. The maximum absolute atomic E-state index is 4.91. The van der Waals surface area contributed by atoms with E-state index in [0.717, 1.165) is 49.2 Å². The number of hydrogen-bond donors (Lipinski definition) is 1. The number of aromatic nitrogens is 5. The molecule has 1 aliphatic heterocycles. The van der Waals surface area contributed by atoms with Gasteiger partial charge in [-0.2, -0.15) is 0 Å². The second-order valence-electron chi connectivity index (χ2n) is 7.83. The summed E-state index contributed by atoms with van der Waals surface area (Å²) >= 11 is 0. The number of hydrogen-bond acceptors (Lipinski definition) is 4. The Morgan fingerprint density at radius 3 is 2.74 bits per heavy atom. The molecule has 0 aromatic carbocycles. The van der Waals surface area contributed by atoms with E-state index in [9.17, 15) is 0 Å². The van der Waals surface area contributed by atoms with Crippen molar-refractivity contribution >= 4 is 29.9 Å². The quantitative estimate of drug-likeness (QED) is 0.309. The summed E-state index contributed by atoms with van der Waals surface area (Å²) in [7, 11) is 0. The van der Waals surface area contributed by atoms with E-state index in [-0.39, 0.29) is 24.0 Å². The number of likely N-dealkylation sites (tertiary alicyclic amines) is 1. The van der Waals surface area contributed by atoms with Crippen LogP contribution in [-0.2, 0) is 6.54 Å². The van der Waals surface area contributed by atoms with Crippen LogP contribution in [0.2, 0.25) is 0 Å². The van der Waals surface area contributed by atoms with Gasteiger partial charge >= 0.3 is 0 Å². The zero-order chi connectivity index (χ0) is 20.9. The summed E-state index contributed by atoms with van der Waals surface area (Å²) in [6, 6.07) is 4.51. The van der Waals surface area contributed by atoms with E-state index in [1.807, 2.05) is 42.5 Å². The number of nitrogens with zero attached hydrogens (tertiary/aromatic N) is 7. The molecule has 1 aliphatic rings. The van der Waals surface area contributed by atoms with Gasteiger partial charge in [-0.1, -0.05) is 13.0 Å². The van der Waals surface area contributed by atoms with Crippen molar-refractivity contribution in [1.29, 1.82) is 0 Å². The molecule has 2 atom stereocenters. The molecule has 1 saturated heterocycles. The highest BCUT2D eigenvalue weighted by molar-refractivity contribution is 14.0. The Kier molecular flexibility index (Phi) is 8.05. The van der Waals surface area contributed by atoms with Gasteiger partial charge in [0.25, 0.3) is 0 Å². The Hall–Kier alpha value is -2.43. The number of pyridine rings is 1. The maximum Gasteiger partial charge on any atom is 0.194 e. The molecule has 1 N–H and O–H groups in total. The lowest BCUT2D eigenvalue weighted by Crippen LogP contribution is -2.49. The van der Waals surface area contributed by atoms with Crippen LogP contribution in [0.15, 0.2) is 54.4 Å². The van der Waals surface area contributed by atoms with Crippen molar-refractivity contribution < 1.29 is 0 Å². The van der Waals surface area contributed by atoms with Gasteiger partial charge in [-0.15, -0.1) is 24.0 Å². The van der Waals surface area contributed by atoms with Crippen molar-refractivity contribution in [3.63, 3.8) is 0 Å². The number of aliphatic imine (C=N–C) groups is 1. The van der Waals surface area contributed by atoms with Gasteiger partial charge in [0, 0.05) is 50.6 Å². The van der Waals surface area contributed by atoms with E-state index in [1.54, 1.807) is 6.20 Å². The lowest BCUT2D eigenvalue weighted by molar-refractivity contribution is 0.189. The molecule has 0 bridgehead atoms. The van der Waals surface area contributed by atoms with E-state index in [4.69, 9.17) is 4.99 Å². The Balaban J connectivity index is 0.00000272. The number of aryl methyl sites for hydroxylation is 1. The Labute approximate surface area is 200 Å². The Morgan fingerprint density at radius 1 is 1.23 bits per heavy atom. The third-order valence-corrected chi connectivity index (χ3v) is 5.75. The van der Waals surface area contributed by atoms with E-state index >= 15 is 0 Å². The molecule has 4 rings (SSSR count). The topological polar surface area (TPSA) is 76.2 Å². The predicted molar refractivity (Wildman–Crippen MR) is 133 cm³/mol. The van der Waals surface area contributed by atoms with Crippen LogP contribution in [0.4, 0.5) is 0 Å². The third kappa shape index (κ3) is 5.44. The molecule has 9 heteroatoms. The number of rotatable bonds is 5. The number of piperidine rings is 1. The van der Waals surface area contributed by atoms with Crippen molar-refractivity contribution in [3.8, 4) is 5.82 Å². The fourth-order valence-corrected chi connectivity index (χ4v) is 3.96. The molecule has 3 aromatic heterocycles. The summed E-state index contributed by atoms with van der Waals surface area (Å²) in [4.78, 5) is 20.3. The van der Waals surface area contributed by atoms with E-state index in [0.29, 0.717) is 18.5 Å². The lowest BCUT2D eigenvalue weighted by atomic mass is 9.93. The van der Waals surface area contributed by atoms with Gasteiger partial charge in [0.15, 0.2) is 5.96 Å². The van der Waals surface area contributed by atoms with Crippen LogP contribution in [0.3, 0.4) is 0 Å². The minimum atomic E-state index is 0. The summed E-state index contributed by atoms with van der Waals surface area (Å²) in [5.41, 5.74) is 1.09. The highest BCUT2D eigenvalue weighted by Crippen LogP contribution is 2.27. The van der Waals surface area contributed by atoms with Gasteiger partial charge in [-0.25, -0.2) is 19.9 Å². The summed E-state index contributed by atoms with van der Waals surface area (Å²) in [5, 5.41) is 3.46. The molecule has 0 spiro atoms. The molecule has 0 saturated carbocycles. The number of nitrogens with one attached hydrogen (secondary N) is 1. The predicted octanol–water partition coefficient (Wildman–Crippen LogP) is 3.44. The van der Waals surface area contributed by atoms with Crippen LogP contribution in [-0.4, -0.2) is 54.6 Å². The van der Waals surface area contributed by atoms with Gasteiger partial charge in [0.2, 0.25) is 0 Å². The lowest BCUT2D eigenvalue weighted by Gasteiger charge is -2.39. The van der Waals surface area contributed by atoms with Crippen molar-refractivity contribution in [2.45, 2.75) is 39.8 Å². The molecule has 8 nitrogen and oxygen atoms in total. The Morgan fingerprint density at radius 2 is 2.10 bits per heavy atom. The molecule has 1 fully saturated rings. The molecular formula is C22H31IN8. The molecule has 31 heavy (non-hydrogen) atoms. The van der Waals surface area contributed by atoms with Gasteiger partial charge < -0.3 is 14.8 Å². The minimum Gasteiger partial charge on any atom is -0.357 e. The van der Waals surface area contributed by atoms with Crippen molar-refractivity contribution in [2.24, 2.45) is 10.9 Å². The first-order valence-electron chi connectivity index (χ1n) is 10.6. The van der Waals surface area contributed by atoms with Crippen LogP contribution >= 0.6 is 24.0 Å². The molecule has 0 amide bonds. The van der Waals surface area contributed by atoms with Crippen molar-refractivity contribution in [3.05, 3.63) is 60.8 Å². The van der Waals surface area contributed by atoms with E-state index < -0.39 is 0 Å². The van der Waals surface area contributed by atoms with Gasteiger partial charge in [-0.05, 0) is 37.8 Å². The van der Waals surface area contributed by atoms with Crippen LogP contribution in [0.25, 0.3) is 5.82 Å². The highest BCUT2D eigenvalue weighted by atomic mass is 127.